The van der Waals surface area contributed by atoms with Gasteiger partial charge >= 0.3 is 0 Å². The Morgan fingerprint density at radius 2 is 1.95 bits per heavy atom. The topological polar surface area (TPSA) is 12.0 Å². The molecular formula is C17H29NS. The Bertz CT molecular complexity index is 351. The molecule has 2 atom stereocenters. The zero-order valence-electron chi connectivity index (χ0n) is 12.9. The van der Waals surface area contributed by atoms with Crippen LogP contribution in [0.2, 0.25) is 0 Å². The maximum absolute atomic E-state index is 3.70. The molecule has 0 amide bonds. The molecule has 1 N–H and O–H groups in total. The van der Waals surface area contributed by atoms with Gasteiger partial charge in [-0.1, -0.05) is 45.0 Å². The third-order valence-electron chi connectivity index (χ3n) is 3.57. The minimum Gasteiger partial charge on any atom is -0.313 e. The Hall–Kier alpha value is -0.470. The van der Waals surface area contributed by atoms with Crippen LogP contribution in [0.25, 0.3) is 0 Å². The second-order valence-electron chi connectivity index (χ2n) is 5.33. The van der Waals surface area contributed by atoms with Crippen molar-refractivity contribution in [1.82, 2.24) is 5.32 Å². The third kappa shape index (κ3) is 6.49. The van der Waals surface area contributed by atoms with Crippen molar-refractivity contribution < 1.29 is 0 Å². The van der Waals surface area contributed by atoms with E-state index in [2.05, 4.69) is 69.0 Å². The molecule has 1 nitrogen and oxygen atoms in total. The van der Waals surface area contributed by atoms with Gasteiger partial charge in [-0.05, 0) is 43.9 Å². The summed E-state index contributed by atoms with van der Waals surface area (Å²) in [7, 11) is 0. The first-order chi connectivity index (χ1) is 9.17. The van der Waals surface area contributed by atoms with Gasteiger partial charge in [0.2, 0.25) is 0 Å². The number of nitrogens with one attached hydrogen (secondary N) is 1. The summed E-state index contributed by atoms with van der Waals surface area (Å²) >= 11 is 2.10. The Morgan fingerprint density at radius 1 is 1.21 bits per heavy atom. The lowest BCUT2D eigenvalue weighted by molar-refractivity contribution is 0.548. The highest BCUT2D eigenvalue weighted by Gasteiger charge is 2.12. The Kier molecular flexibility index (Phi) is 8.24. The molecule has 0 aliphatic carbocycles. The van der Waals surface area contributed by atoms with E-state index < -0.39 is 0 Å². The molecule has 1 aromatic carbocycles. The van der Waals surface area contributed by atoms with Crippen molar-refractivity contribution in [3.05, 3.63) is 35.4 Å². The van der Waals surface area contributed by atoms with Crippen molar-refractivity contribution in [3.8, 4) is 0 Å². The molecule has 0 saturated carbocycles. The van der Waals surface area contributed by atoms with Crippen LogP contribution in [0.4, 0.5) is 0 Å². The summed E-state index contributed by atoms with van der Waals surface area (Å²) in [6.45, 7) is 10.2. The maximum atomic E-state index is 3.70. The molecule has 0 aromatic heterocycles. The fourth-order valence-corrected chi connectivity index (χ4v) is 3.07. The van der Waals surface area contributed by atoms with Crippen LogP contribution in [0.15, 0.2) is 24.3 Å². The van der Waals surface area contributed by atoms with Gasteiger partial charge in [0.25, 0.3) is 0 Å². The first kappa shape index (κ1) is 16.6. The minimum atomic E-state index is 0.597. The lowest BCUT2D eigenvalue weighted by Gasteiger charge is -2.21. The van der Waals surface area contributed by atoms with Crippen LogP contribution >= 0.6 is 11.8 Å². The van der Waals surface area contributed by atoms with Crippen molar-refractivity contribution >= 4 is 11.8 Å². The van der Waals surface area contributed by atoms with E-state index in [1.165, 1.54) is 29.7 Å². The molecule has 1 aromatic rings. The molecule has 0 spiro atoms. The van der Waals surface area contributed by atoms with Crippen molar-refractivity contribution in [3.63, 3.8) is 0 Å². The summed E-state index contributed by atoms with van der Waals surface area (Å²) in [5.74, 6) is 1.21. The molecule has 0 aliphatic heterocycles. The normalized spacial score (nSPS) is 14.3. The Morgan fingerprint density at radius 3 is 2.58 bits per heavy atom. The fraction of sp³-hybridized carbons (Fsp3) is 0.647. The molecule has 0 aliphatic rings. The summed E-state index contributed by atoms with van der Waals surface area (Å²) in [5, 5.41) is 4.47. The summed E-state index contributed by atoms with van der Waals surface area (Å²) < 4.78 is 0. The van der Waals surface area contributed by atoms with Gasteiger partial charge in [0.1, 0.15) is 0 Å². The van der Waals surface area contributed by atoms with E-state index >= 15 is 0 Å². The number of hydrogen-bond acceptors (Lipinski definition) is 2. The van der Waals surface area contributed by atoms with Crippen LogP contribution in [0.3, 0.4) is 0 Å². The summed E-state index contributed by atoms with van der Waals surface area (Å²) in [6, 6.07) is 9.36. The molecule has 108 valence electrons. The maximum Gasteiger partial charge on any atom is 0.0198 e. The van der Waals surface area contributed by atoms with Gasteiger partial charge in [0, 0.05) is 17.0 Å². The third-order valence-corrected chi connectivity index (χ3v) is 5.06. The first-order valence-corrected chi connectivity index (χ1v) is 8.61. The zero-order valence-corrected chi connectivity index (χ0v) is 13.7. The van der Waals surface area contributed by atoms with Crippen molar-refractivity contribution in [2.45, 2.75) is 58.2 Å². The zero-order chi connectivity index (χ0) is 14.1. The minimum absolute atomic E-state index is 0.597. The molecule has 2 unspecified atom stereocenters. The molecule has 0 radical (unpaired) electrons. The number of hydrogen-bond donors (Lipinski definition) is 1. The molecule has 0 saturated heterocycles. The summed E-state index contributed by atoms with van der Waals surface area (Å²) in [6.07, 6.45) is 3.61. The molecule has 1 rings (SSSR count). The van der Waals surface area contributed by atoms with Crippen LogP contribution in [-0.4, -0.2) is 23.6 Å². The van der Waals surface area contributed by atoms with E-state index in [0.717, 1.165) is 18.2 Å². The Labute approximate surface area is 123 Å². The van der Waals surface area contributed by atoms with E-state index in [-0.39, 0.29) is 0 Å². The van der Waals surface area contributed by atoms with E-state index in [1.54, 1.807) is 0 Å². The average Bonchev–Trinajstić information content (AvgIpc) is 2.43. The predicted molar refractivity (Wildman–Crippen MR) is 89.2 cm³/mol. The average molecular weight is 279 g/mol. The molecule has 2 heteroatoms. The van der Waals surface area contributed by atoms with Gasteiger partial charge in [-0.3, -0.25) is 0 Å². The highest BCUT2D eigenvalue weighted by Crippen LogP contribution is 2.17. The van der Waals surface area contributed by atoms with E-state index in [0.29, 0.717) is 6.04 Å². The monoisotopic (exact) mass is 279 g/mol. The first-order valence-electron chi connectivity index (χ1n) is 7.56. The van der Waals surface area contributed by atoms with Crippen molar-refractivity contribution in [2.24, 2.45) is 0 Å². The largest absolute Gasteiger partial charge is 0.313 e. The molecule has 0 heterocycles. The van der Waals surface area contributed by atoms with Crippen LogP contribution in [0.1, 0.15) is 44.7 Å². The quantitative estimate of drug-likeness (QED) is 0.717. The van der Waals surface area contributed by atoms with E-state index in [4.69, 9.17) is 0 Å². The van der Waals surface area contributed by atoms with Crippen LogP contribution in [-0.2, 0) is 6.42 Å². The van der Waals surface area contributed by atoms with Gasteiger partial charge in [-0.15, -0.1) is 0 Å². The molecule has 0 bridgehead atoms. The van der Waals surface area contributed by atoms with Gasteiger partial charge in [0.15, 0.2) is 0 Å². The van der Waals surface area contributed by atoms with Crippen LogP contribution < -0.4 is 5.32 Å². The van der Waals surface area contributed by atoms with E-state index in [1.807, 2.05) is 0 Å². The van der Waals surface area contributed by atoms with Gasteiger partial charge in [-0.2, -0.15) is 11.8 Å². The van der Waals surface area contributed by atoms with E-state index in [9.17, 15) is 0 Å². The Balaban J connectivity index is 2.55. The SMILES string of the molecule is CCCNC(CSC(C)CC)Cc1ccccc1C. The van der Waals surface area contributed by atoms with Crippen molar-refractivity contribution in [1.29, 1.82) is 0 Å². The lowest BCUT2D eigenvalue weighted by atomic mass is 10.0. The molecule has 0 fully saturated rings. The molecular weight excluding hydrogens is 250 g/mol. The number of benzene rings is 1. The fourth-order valence-electron chi connectivity index (χ4n) is 2.04. The number of thioether (sulfide) groups is 1. The second-order valence-corrected chi connectivity index (χ2v) is 6.81. The molecule has 19 heavy (non-hydrogen) atoms. The lowest BCUT2D eigenvalue weighted by Crippen LogP contribution is -2.34. The second kappa shape index (κ2) is 9.44. The van der Waals surface area contributed by atoms with Crippen molar-refractivity contribution in [2.75, 3.05) is 12.3 Å². The predicted octanol–water partition coefficient (Wildman–Crippen LogP) is 4.44. The van der Waals surface area contributed by atoms with Gasteiger partial charge in [0.05, 0.1) is 0 Å². The van der Waals surface area contributed by atoms with Gasteiger partial charge < -0.3 is 5.32 Å². The summed E-state index contributed by atoms with van der Waals surface area (Å²) in [4.78, 5) is 0. The number of rotatable bonds is 9. The highest BCUT2D eigenvalue weighted by molar-refractivity contribution is 7.99. The van der Waals surface area contributed by atoms with Crippen LogP contribution in [0, 0.1) is 6.92 Å². The van der Waals surface area contributed by atoms with Gasteiger partial charge in [-0.25, -0.2) is 0 Å². The summed E-state index contributed by atoms with van der Waals surface area (Å²) in [5.41, 5.74) is 2.90. The number of aryl methyl sites for hydroxylation is 1. The standard InChI is InChI=1S/C17H29NS/c1-5-11-18-17(13-19-15(4)6-2)12-16-10-8-7-9-14(16)3/h7-10,15,17-18H,5-6,11-13H2,1-4H3. The highest BCUT2D eigenvalue weighted by atomic mass is 32.2. The van der Waals surface area contributed by atoms with Crippen LogP contribution in [0.5, 0.6) is 0 Å². The smallest absolute Gasteiger partial charge is 0.0198 e.